The van der Waals surface area contributed by atoms with Gasteiger partial charge in [-0.15, -0.1) is 0 Å². The Kier molecular flexibility index (Phi) is 20.4. The van der Waals surface area contributed by atoms with Crippen LogP contribution < -0.4 is 58.2 Å². The van der Waals surface area contributed by atoms with Crippen molar-refractivity contribution in [3.63, 3.8) is 0 Å². The van der Waals surface area contributed by atoms with Gasteiger partial charge < -0.3 is 19.3 Å². The summed E-state index contributed by atoms with van der Waals surface area (Å²) in [5.74, 6) is 1.00. The maximum Gasteiger partial charge on any atom is 1.00 e. The molecule has 0 N–H and O–H groups in total. The summed E-state index contributed by atoms with van der Waals surface area (Å²) in [5.41, 5.74) is 0. The predicted molar refractivity (Wildman–Crippen MR) is 59.0 cm³/mol. The molecule has 2 fully saturated rings. The first kappa shape index (κ1) is 20.3. The fourth-order valence-corrected chi connectivity index (χ4v) is 1.85. The molecule has 0 nitrogen and oxygen atoms in total. The fraction of sp³-hybridized carbons (Fsp3) is 0.769. The van der Waals surface area contributed by atoms with Gasteiger partial charge in [-0.2, -0.15) is 12.8 Å². The Hall–Kier alpha value is 3.00. The van der Waals surface area contributed by atoms with Crippen molar-refractivity contribution in [3.8, 4) is 0 Å². The molecule has 0 amide bonds. The summed E-state index contributed by atoms with van der Waals surface area (Å²) in [7, 11) is 0. The molecule has 0 aliphatic heterocycles. The van der Waals surface area contributed by atoms with Crippen LogP contribution in [0.15, 0.2) is 0 Å². The van der Waals surface area contributed by atoms with Crippen LogP contribution in [0.1, 0.15) is 58.3 Å². The average Bonchev–Trinajstić information content (AvgIpc) is 2.22. The summed E-state index contributed by atoms with van der Waals surface area (Å²) in [6.45, 7) is 2.34. The molecule has 1 radical (unpaired) electrons. The Morgan fingerprint density at radius 2 is 1.07 bits per heavy atom. The van der Waals surface area contributed by atoms with E-state index in [1.807, 2.05) is 0 Å². The molecule has 0 atom stereocenters. The van der Waals surface area contributed by atoms with Crippen molar-refractivity contribution in [1.82, 2.24) is 0 Å². The van der Waals surface area contributed by atoms with Crippen molar-refractivity contribution in [3.05, 3.63) is 19.3 Å². The van der Waals surface area contributed by atoms with E-state index in [-0.39, 0.29) is 93.8 Å². The fourth-order valence-electron chi connectivity index (χ4n) is 1.85. The molecule has 2 rings (SSSR count). The third kappa shape index (κ3) is 13.2. The van der Waals surface area contributed by atoms with Crippen molar-refractivity contribution < 1.29 is 93.8 Å². The Bertz CT molecular complexity index is 95.6. The summed E-state index contributed by atoms with van der Waals surface area (Å²) < 4.78 is 0. The molecule has 2 saturated carbocycles. The van der Waals surface area contributed by atoms with E-state index >= 15 is 0 Å². The monoisotopic (exact) mass is 403 g/mol. The molecule has 2 aliphatic carbocycles. The van der Waals surface area contributed by atoms with Gasteiger partial charge in [0.15, 0.2) is 0 Å². The second-order valence-electron chi connectivity index (χ2n) is 4.28. The van der Waals surface area contributed by atoms with E-state index in [1.165, 1.54) is 51.4 Å². The van der Waals surface area contributed by atoms with Crippen LogP contribution in [0, 0.1) is 60.8 Å². The van der Waals surface area contributed by atoms with Gasteiger partial charge in [0.25, 0.3) is 0 Å². The van der Waals surface area contributed by atoms with Crippen LogP contribution in [0.25, 0.3) is 0 Å². The molecule has 2 aliphatic rings. The minimum atomic E-state index is 0. The zero-order valence-electron chi connectivity index (χ0n) is 10.5. The number of hydrogen-bond donors (Lipinski definition) is 0. The van der Waals surface area contributed by atoms with Crippen LogP contribution in [0.5, 0.6) is 0 Å². The maximum absolute atomic E-state index is 2.40. The van der Waals surface area contributed by atoms with Gasteiger partial charge in [0.05, 0.1) is 0 Å². The quantitative estimate of drug-likeness (QED) is 0.536. The second kappa shape index (κ2) is 15.1. The average molecular weight is 404 g/mol. The van der Waals surface area contributed by atoms with Crippen molar-refractivity contribution in [1.29, 1.82) is 0 Å². The van der Waals surface area contributed by atoms with Crippen LogP contribution >= 0.6 is 0 Å². The topological polar surface area (TPSA) is 0 Å². The molecule has 0 aromatic rings. The minimum absolute atomic E-state index is 0. The maximum atomic E-state index is 2.40. The Morgan fingerprint density at radius 1 is 0.733 bits per heavy atom. The summed E-state index contributed by atoms with van der Waals surface area (Å²) in [4.78, 5) is 0. The zero-order valence-corrected chi connectivity index (χ0v) is 19.1. The third-order valence-corrected chi connectivity index (χ3v) is 2.88. The van der Waals surface area contributed by atoms with Gasteiger partial charge in [-0.3, -0.25) is 0 Å². The molecule has 0 saturated heterocycles. The molecule has 0 aromatic carbocycles. The molecular weight excluding hydrogens is 381 g/mol. The molecule has 0 aromatic heterocycles. The van der Waals surface area contributed by atoms with Gasteiger partial charge in [0.1, 0.15) is 0 Å². The zero-order chi connectivity index (χ0) is 9.36. The minimum Gasteiger partial charge on any atom is -0.333 e. The SMILES string of the molecule is CC1CC[CH-]CC1.[CH-]1CC[CH-]CC1.[La].[Rb+]. The Morgan fingerprint density at radius 3 is 1.27 bits per heavy atom. The normalized spacial score (nSPS) is 21.4. The van der Waals surface area contributed by atoms with Crippen molar-refractivity contribution in [2.75, 3.05) is 0 Å². The Labute approximate surface area is 174 Å². The van der Waals surface area contributed by atoms with Gasteiger partial charge in [0.2, 0.25) is 0 Å². The van der Waals surface area contributed by atoms with E-state index in [0.717, 1.165) is 5.92 Å². The first-order chi connectivity index (χ1) is 6.39. The molecular formula is C13H23LaRb-2. The van der Waals surface area contributed by atoms with E-state index in [1.54, 1.807) is 0 Å². The summed E-state index contributed by atoms with van der Waals surface area (Å²) in [6.07, 6.45) is 18.0. The van der Waals surface area contributed by atoms with Crippen LogP contribution in [-0.4, -0.2) is 0 Å². The van der Waals surface area contributed by atoms with Crippen molar-refractivity contribution >= 4 is 0 Å². The van der Waals surface area contributed by atoms with Gasteiger partial charge in [-0.1, -0.05) is 19.8 Å². The van der Waals surface area contributed by atoms with Crippen LogP contribution in [0.4, 0.5) is 0 Å². The summed E-state index contributed by atoms with van der Waals surface area (Å²) >= 11 is 0. The molecule has 15 heavy (non-hydrogen) atoms. The number of hydrogen-bond acceptors (Lipinski definition) is 0. The molecule has 0 spiro atoms. The first-order valence-corrected chi connectivity index (χ1v) is 5.84. The van der Waals surface area contributed by atoms with Gasteiger partial charge in [-0.05, 0) is 5.92 Å². The van der Waals surface area contributed by atoms with Crippen LogP contribution in [0.2, 0.25) is 0 Å². The summed E-state index contributed by atoms with van der Waals surface area (Å²) in [6, 6.07) is 0. The van der Waals surface area contributed by atoms with Gasteiger partial charge in [0, 0.05) is 35.6 Å². The largest absolute Gasteiger partial charge is 1.00 e. The second-order valence-corrected chi connectivity index (χ2v) is 4.28. The van der Waals surface area contributed by atoms with Gasteiger partial charge in [-0.25, -0.2) is 25.7 Å². The van der Waals surface area contributed by atoms with E-state index < -0.39 is 0 Å². The van der Waals surface area contributed by atoms with E-state index in [9.17, 15) is 0 Å². The standard InChI is InChI=1S/C7H13.C6H10.La.Rb/c1-7-5-3-2-4-6-7;1-2-4-6-5-3-1;;/h2,7H,3-6H2,1H3;1,6H,2-5H2;;/q-1;-2;;+1. The third-order valence-electron chi connectivity index (χ3n) is 2.88. The van der Waals surface area contributed by atoms with E-state index in [4.69, 9.17) is 0 Å². The number of rotatable bonds is 0. The summed E-state index contributed by atoms with van der Waals surface area (Å²) in [5, 5.41) is 0. The van der Waals surface area contributed by atoms with E-state index in [0.29, 0.717) is 0 Å². The van der Waals surface area contributed by atoms with Gasteiger partial charge >= 0.3 is 58.2 Å². The predicted octanol–water partition coefficient (Wildman–Crippen LogP) is 1.37. The molecule has 0 bridgehead atoms. The van der Waals surface area contributed by atoms with Crippen molar-refractivity contribution in [2.45, 2.75) is 58.3 Å². The molecule has 2 heteroatoms. The molecule has 81 valence electrons. The molecule has 0 heterocycles. The van der Waals surface area contributed by atoms with E-state index in [2.05, 4.69) is 26.2 Å². The molecule has 0 unspecified atom stereocenters. The van der Waals surface area contributed by atoms with Crippen LogP contribution in [0.3, 0.4) is 0 Å². The first-order valence-electron chi connectivity index (χ1n) is 5.84. The Balaban J connectivity index is 0. The smallest absolute Gasteiger partial charge is 0.333 e. The van der Waals surface area contributed by atoms with Crippen LogP contribution in [-0.2, 0) is 0 Å². The van der Waals surface area contributed by atoms with Crippen molar-refractivity contribution in [2.24, 2.45) is 5.92 Å².